The smallest absolute Gasteiger partial charge is 0.252 e. The van der Waals surface area contributed by atoms with Crippen molar-refractivity contribution in [2.24, 2.45) is 0 Å². The first kappa shape index (κ1) is 30.1. The van der Waals surface area contributed by atoms with E-state index in [9.17, 15) is 9.18 Å². The molecule has 17 heteroatoms. The van der Waals surface area contributed by atoms with Gasteiger partial charge < -0.3 is 10.2 Å². The number of hydrogen-bond acceptors (Lipinski definition) is 3. The number of aryl methyl sites for hydroxylation is 1. The number of amides is 1. The van der Waals surface area contributed by atoms with Gasteiger partial charge in [0, 0.05) is 17.5 Å². The Balaban J connectivity index is 2.07. The summed E-state index contributed by atoms with van der Waals surface area (Å²) in [5.41, 5.74) is 0.419. The summed E-state index contributed by atoms with van der Waals surface area (Å²) in [6.07, 6.45) is 1.91. The highest BCUT2D eigenvalue weighted by Crippen LogP contribution is 2.58. The van der Waals surface area contributed by atoms with E-state index in [1.807, 2.05) is 104 Å². The van der Waals surface area contributed by atoms with Gasteiger partial charge in [-0.2, -0.15) is 0 Å². The van der Waals surface area contributed by atoms with E-state index in [0.29, 0.717) is 0 Å². The molecule has 1 N–H and O–H groups in total. The number of rotatable bonds is 5. The van der Waals surface area contributed by atoms with E-state index in [1.165, 1.54) is 18.2 Å². The Morgan fingerprint density at radius 2 is 1.68 bits per heavy atom. The van der Waals surface area contributed by atoms with Crippen LogP contribution >= 0.6 is 11.6 Å². The Labute approximate surface area is 234 Å². The van der Waals surface area contributed by atoms with Crippen LogP contribution in [0, 0.1) is 12.7 Å². The molecule has 1 aromatic carbocycles. The SMILES string of the molecule is BC(B)(NC(B)(B)C1(F)CC(B)(B)N(C(=O)c2ccc(F)c(Cl)c2)C(B)(B)C1(B)B)c1ccc(C)cn1. The molecule has 0 radical (unpaired) electrons. The van der Waals surface area contributed by atoms with Crippen molar-refractivity contribution in [3.8, 4) is 0 Å². The highest BCUT2D eigenvalue weighted by molar-refractivity contribution is 6.58. The van der Waals surface area contributed by atoms with Crippen LogP contribution in [-0.4, -0.2) is 116 Å². The topological polar surface area (TPSA) is 45.2 Å². The van der Waals surface area contributed by atoms with Gasteiger partial charge in [0.2, 0.25) is 0 Å². The minimum Gasteiger partial charge on any atom is -0.360 e. The molecule has 1 atom stereocenters. The fourth-order valence-corrected chi connectivity index (χ4v) is 6.67. The minimum atomic E-state index is -1.74. The molecule has 4 nitrogen and oxygen atoms in total. The molecule has 1 amide bonds. The van der Waals surface area contributed by atoms with Gasteiger partial charge in [0.25, 0.3) is 5.91 Å². The molecule has 3 rings (SSSR count). The maximum Gasteiger partial charge on any atom is 0.252 e. The number of benzene rings is 1. The highest BCUT2D eigenvalue weighted by atomic mass is 35.5. The second-order valence-corrected chi connectivity index (χ2v) is 13.7. The Morgan fingerprint density at radius 1 is 1.08 bits per heavy atom. The van der Waals surface area contributed by atoms with E-state index < -0.39 is 38.1 Å². The van der Waals surface area contributed by atoms with Crippen LogP contribution in [0.15, 0.2) is 36.5 Å². The van der Waals surface area contributed by atoms with E-state index in [0.717, 1.165) is 11.3 Å². The molecule has 1 saturated heterocycles. The van der Waals surface area contributed by atoms with Crippen molar-refractivity contribution >= 4 is 96.0 Å². The molecular formula is C20H32B10ClF2N3O. The average molecular weight is 512 g/mol. The number of carbonyl (C=O) groups is 1. The van der Waals surface area contributed by atoms with Crippen molar-refractivity contribution in [1.82, 2.24) is 15.2 Å². The molecule has 1 aliphatic rings. The van der Waals surface area contributed by atoms with Crippen molar-refractivity contribution < 1.29 is 13.6 Å². The summed E-state index contributed by atoms with van der Waals surface area (Å²) in [6.45, 7) is 1.99. The number of aromatic nitrogens is 1. The molecule has 0 bridgehead atoms. The third kappa shape index (κ3) is 4.90. The van der Waals surface area contributed by atoms with E-state index in [-0.39, 0.29) is 22.9 Å². The summed E-state index contributed by atoms with van der Waals surface area (Å²) in [4.78, 5) is 20.2. The zero-order chi connectivity index (χ0) is 28.4. The minimum absolute atomic E-state index is 0.0918. The van der Waals surface area contributed by atoms with Gasteiger partial charge in [0.15, 0.2) is 0 Å². The third-order valence-corrected chi connectivity index (χ3v) is 9.19. The molecule has 1 fully saturated rings. The fraction of sp³-hybridized carbons (Fsp3) is 0.400. The molecule has 1 aliphatic heterocycles. The normalized spacial score (nSPS) is 22.9. The summed E-state index contributed by atoms with van der Waals surface area (Å²) < 4.78 is 31.7. The molecule has 0 aliphatic carbocycles. The molecular weight excluding hydrogens is 480 g/mol. The van der Waals surface area contributed by atoms with Crippen LogP contribution in [0.1, 0.15) is 28.0 Å². The Bertz CT molecular complexity index is 1220. The highest BCUT2D eigenvalue weighted by Gasteiger charge is 2.68. The quantitative estimate of drug-likeness (QED) is 0.406. The van der Waals surface area contributed by atoms with E-state index in [4.69, 9.17) is 11.6 Å². The van der Waals surface area contributed by atoms with Crippen LogP contribution < -0.4 is 5.32 Å². The van der Waals surface area contributed by atoms with Crippen LogP contribution in [0.3, 0.4) is 0 Å². The maximum atomic E-state index is 17.9. The molecule has 2 aromatic rings. The number of pyridine rings is 1. The van der Waals surface area contributed by atoms with Crippen molar-refractivity contribution in [3.63, 3.8) is 0 Å². The number of likely N-dealkylation sites (tertiary alicyclic amines) is 1. The summed E-state index contributed by atoms with van der Waals surface area (Å²) in [7, 11) is 19.2. The number of halogens is 3. The lowest BCUT2D eigenvalue weighted by atomic mass is 9.21. The van der Waals surface area contributed by atoms with Gasteiger partial charge in [-0.25, -0.2) is 8.78 Å². The van der Waals surface area contributed by atoms with E-state index in [2.05, 4.69) is 10.3 Å². The Morgan fingerprint density at radius 3 is 2.19 bits per heavy atom. The predicted octanol–water partition coefficient (Wildman–Crippen LogP) is -6.45. The zero-order valence-corrected chi connectivity index (χ0v) is 24.9. The monoisotopic (exact) mass is 513 g/mol. The second kappa shape index (κ2) is 9.36. The molecule has 0 saturated carbocycles. The third-order valence-electron chi connectivity index (χ3n) is 8.90. The fourth-order valence-electron chi connectivity index (χ4n) is 6.49. The lowest BCUT2D eigenvalue weighted by Crippen LogP contribution is -2.84. The molecule has 1 aromatic heterocycles. The first-order valence-electron chi connectivity index (χ1n) is 12.8. The Hall–Kier alpha value is -1.40. The van der Waals surface area contributed by atoms with E-state index in [1.54, 1.807) is 4.90 Å². The summed E-state index contributed by atoms with van der Waals surface area (Å²) in [5, 5.41) is -0.920. The van der Waals surface area contributed by atoms with Gasteiger partial charge in [-0.05, 0) is 69.7 Å². The van der Waals surface area contributed by atoms with Gasteiger partial charge in [-0.1, -0.05) is 17.7 Å². The lowest BCUT2D eigenvalue weighted by Gasteiger charge is -2.71. The summed E-state index contributed by atoms with van der Waals surface area (Å²) in [5.74, 6) is -0.890. The Kier molecular flexibility index (Phi) is 7.63. The predicted molar refractivity (Wildman–Crippen MR) is 176 cm³/mol. The summed E-state index contributed by atoms with van der Waals surface area (Å²) >= 11 is 6.00. The number of nitrogens with one attached hydrogen (secondary N) is 1. The lowest BCUT2D eigenvalue weighted by molar-refractivity contribution is -0.0236. The van der Waals surface area contributed by atoms with Gasteiger partial charge >= 0.3 is 0 Å². The van der Waals surface area contributed by atoms with Crippen molar-refractivity contribution in [3.05, 3.63) is 64.2 Å². The molecule has 37 heavy (non-hydrogen) atoms. The first-order chi connectivity index (χ1) is 16.6. The second-order valence-electron chi connectivity index (χ2n) is 13.3. The number of piperidine rings is 1. The van der Waals surface area contributed by atoms with Gasteiger partial charge in [0.05, 0.1) is 5.02 Å². The standard InChI is InChI=1S/C20H32B10ClF2N3O/c1-9-2-5-13(34-7-9)17(23,24)35-19(27,28)15(33)8-16(21,22)36(20(29,30)18(15,25)26)14(37)10-3-4-12(32)11(31)6-10/h2-7,35H,8,21-30H2,1H3. The average Bonchev–Trinajstić information content (AvgIpc) is 2.73. The summed E-state index contributed by atoms with van der Waals surface area (Å²) in [6, 6.07) is 7.95. The zero-order valence-electron chi connectivity index (χ0n) is 24.1. The van der Waals surface area contributed by atoms with Crippen LogP contribution in [0.5, 0.6) is 0 Å². The number of hydrogen-bond donors (Lipinski definition) is 1. The van der Waals surface area contributed by atoms with E-state index >= 15 is 4.39 Å². The first-order valence-corrected chi connectivity index (χ1v) is 13.2. The van der Waals surface area contributed by atoms with Crippen molar-refractivity contribution in [2.45, 2.75) is 45.6 Å². The van der Waals surface area contributed by atoms with Crippen molar-refractivity contribution in [1.29, 1.82) is 0 Å². The largest absolute Gasteiger partial charge is 0.360 e. The molecule has 184 valence electrons. The number of carbonyl (C=O) groups excluding carboxylic acids is 1. The van der Waals surface area contributed by atoms with Crippen LogP contribution in [0.4, 0.5) is 8.78 Å². The number of alkyl halides is 1. The van der Waals surface area contributed by atoms with Crippen LogP contribution in [-0.2, 0) is 5.34 Å². The van der Waals surface area contributed by atoms with Crippen molar-refractivity contribution in [2.75, 3.05) is 0 Å². The number of nitrogens with zero attached hydrogens (tertiary/aromatic N) is 2. The van der Waals surface area contributed by atoms with Gasteiger partial charge in [-0.15, -0.1) is 0 Å². The maximum absolute atomic E-state index is 17.9. The molecule has 0 spiro atoms. The van der Waals surface area contributed by atoms with Crippen LogP contribution in [0.2, 0.25) is 10.2 Å². The van der Waals surface area contributed by atoms with Gasteiger partial charge in [0.1, 0.15) is 89.9 Å². The van der Waals surface area contributed by atoms with Gasteiger partial charge in [-0.3, -0.25) is 9.78 Å². The molecule has 1 unspecified atom stereocenters. The van der Waals surface area contributed by atoms with Crippen LogP contribution in [0.25, 0.3) is 0 Å². The molecule has 2 heterocycles.